The van der Waals surface area contributed by atoms with Crippen LogP contribution in [0, 0.1) is 5.41 Å². The Bertz CT molecular complexity index is 307. The maximum atomic E-state index is 10.8. The summed E-state index contributed by atoms with van der Waals surface area (Å²) in [4.78, 5) is 24.1. The van der Waals surface area contributed by atoms with Crippen molar-refractivity contribution in [3.63, 3.8) is 0 Å². The molecule has 7 heteroatoms. The Labute approximate surface area is 79.0 Å². The molecule has 0 aromatic carbocycles. The first kappa shape index (κ1) is 10.3. The zero-order chi connectivity index (χ0) is 10.8. The van der Waals surface area contributed by atoms with Crippen LogP contribution in [-0.4, -0.2) is 28.2 Å². The van der Waals surface area contributed by atoms with Gasteiger partial charge in [-0.15, -0.1) is 0 Å². The fourth-order valence-electron chi connectivity index (χ4n) is 1.67. The molecular weight excluding hydrogens is 190 g/mol. The molecule has 76 valence electrons. The standard InChI is InChI=1S/C7H9N3O4/c8-10-9-4-1-2-7(3-4,5(11)12)6(13)14/h4H,1-3H2,(H,11,12)(H,13,14). The number of carboxylic acids is 2. The SMILES string of the molecule is [N-]=[N+]=NC1CCC(C(=O)O)(C(=O)O)C1. The van der Waals surface area contributed by atoms with Gasteiger partial charge < -0.3 is 10.2 Å². The minimum atomic E-state index is -1.77. The Hall–Kier alpha value is -1.75. The van der Waals surface area contributed by atoms with E-state index in [9.17, 15) is 9.59 Å². The van der Waals surface area contributed by atoms with E-state index in [1.165, 1.54) is 0 Å². The highest BCUT2D eigenvalue weighted by atomic mass is 16.4. The smallest absolute Gasteiger partial charge is 0.321 e. The average molecular weight is 199 g/mol. The van der Waals surface area contributed by atoms with Crippen LogP contribution in [0.2, 0.25) is 0 Å². The average Bonchev–Trinajstić information content (AvgIpc) is 2.50. The summed E-state index contributed by atoms with van der Waals surface area (Å²) in [5.74, 6) is -2.72. The first-order chi connectivity index (χ1) is 6.53. The van der Waals surface area contributed by atoms with Crippen molar-refractivity contribution in [3.05, 3.63) is 10.4 Å². The van der Waals surface area contributed by atoms with Crippen molar-refractivity contribution in [3.8, 4) is 0 Å². The lowest BCUT2D eigenvalue weighted by Crippen LogP contribution is -2.37. The van der Waals surface area contributed by atoms with Gasteiger partial charge in [-0.25, -0.2) is 0 Å². The minimum Gasteiger partial charge on any atom is -0.480 e. The molecule has 0 spiro atoms. The van der Waals surface area contributed by atoms with E-state index in [4.69, 9.17) is 15.7 Å². The molecule has 0 radical (unpaired) electrons. The molecule has 0 saturated heterocycles. The minimum absolute atomic E-state index is 0.0152. The van der Waals surface area contributed by atoms with Crippen LogP contribution in [0.4, 0.5) is 0 Å². The number of azide groups is 1. The molecule has 0 aliphatic heterocycles. The Morgan fingerprint density at radius 3 is 2.36 bits per heavy atom. The largest absolute Gasteiger partial charge is 0.480 e. The third kappa shape index (κ3) is 1.49. The number of carbonyl (C=O) groups is 2. The second-order valence-electron chi connectivity index (χ2n) is 3.29. The first-order valence-electron chi connectivity index (χ1n) is 4.04. The predicted molar refractivity (Wildman–Crippen MR) is 44.5 cm³/mol. The fraction of sp³-hybridized carbons (Fsp3) is 0.714. The van der Waals surface area contributed by atoms with Gasteiger partial charge >= 0.3 is 11.9 Å². The third-order valence-corrected chi connectivity index (χ3v) is 2.52. The second kappa shape index (κ2) is 3.55. The van der Waals surface area contributed by atoms with Gasteiger partial charge in [0.2, 0.25) is 0 Å². The molecule has 1 saturated carbocycles. The molecule has 7 nitrogen and oxygen atoms in total. The molecule has 2 N–H and O–H groups in total. The van der Waals surface area contributed by atoms with Crippen LogP contribution < -0.4 is 0 Å². The molecule has 1 aliphatic carbocycles. The van der Waals surface area contributed by atoms with Crippen molar-refractivity contribution in [1.82, 2.24) is 0 Å². The summed E-state index contributed by atoms with van der Waals surface area (Å²) >= 11 is 0. The van der Waals surface area contributed by atoms with Gasteiger partial charge in [0.1, 0.15) is 0 Å². The number of hydrogen-bond donors (Lipinski definition) is 2. The van der Waals surface area contributed by atoms with E-state index in [2.05, 4.69) is 10.0 Å². The zero-order valence-corrected chi connectivity index (χ0v) is 7.25. The van der Waals surface area contributed by atoms with Crippen LogP contribution in [0.5, 0.6) is 0 Å². The summed E-state index contributed by atoms with van der Waals surface area (Å²) in [7, 11) is 0. The van der Waals surface area contributed by atoms with Crippen molar-refractivity contribution >= 4 is 11.9 Å². The van der Waals surface area contributed by atoms with Gasteiger partial charge in [0, 0.05) is 11.0 Å². The molecule has 1 fully saturated rings. The van der Waals surface area contributed by atoms with Crippen molar-refractivity contribution in [2.24, 2.45) is 10.5 Å². The van der Waals surface area contributed by atoms with Crippen molar-refractivity contribution in [2.45, 2.75) is 25.3 Å². The van der Waals surface area contributed by atoms with Crippen molar-refractivity contribution in [1.29, 1.82) is 0 Å². The number of aliphatic carboxylic acids is 2. The van der Waals surface area contributed by atoms with E-state index in [-0.39, 0.29) is 12.8 Å². The molecular formula is C7H9N3O4. The maximum Gasteiger partial charge on any atom is 0.321 e. The normalized spacial score (nSPS) is 23.9. The molecule has 1 aliphatic rings. The molecule has 14 heavy (non-hydrogen) atoms. The van der Waals surface area contributed by atoms with Crippen molar-refractivity contribution in [2.75, 3.05) is 0 Å². The Morgan fingerprint density at radius 1 is 1.43 bits per heavy atom. The van der Waals surface area contributed by atoms with Gasteiger partial charge in [0.05, 0.1) is 0 Å². The van der Waals surface area contributed by atoms with Crippen LogP contribution in [0.1, 0.15) is 19.3 Å². The Kier molecular flexibility index (Phi) is 2.62. The first-order valence-corrected chi connectivity index (χ1v) is 4.04. The molecule has 0 heterocycles. The van der Waals surface area contributed by atoms with Gasteiger partial charge in [0.25, 0.3) is 0 Å². The van der Waals surface area contributed by atoms with Gasteiger partial charge in [-0.2, -0.15) is 0 Å². The van der Waals surface area contributed by atoms with Gasteiger partial charge in [-0.05, 0) is 24.8 Å². The molecule has 1 rings (SSSR count). The molecule has 0 bridgehead atoms. The van der Waals surface area contributed by atoms with Crippen LogP contribution in [0.15, 0.2) is 5.11 Å². The lowest BCUT2D eigenvalue weighted by molar-refractivity contribution is -0.164. The summed E-state index contributed by atoms with van der Waals surface area (Å²) < 4.78 is 0. The topological polar surface area (TPSA) is 123 Å². The van der Waals surface area contributed by atoms with E-state index in [1.807, 2.05) is 0 Å². The lowest BCUT2D eigenvalue weighted by atomic mass is 9.86. The highest BCUT2D eigenvalue weighted by molar-refractivity contribution is 5.98. The van der Waals surface area contributed by atoms with E-state index in [1.54, 1.807) is 0 Å². The van der Waals surface area contributed by atoms with Gasteiger partial charge in [0.15, 0.2) is 5.41 Å². The van der Waals surface area contributed by atoms with Gasteiger partial charge in [-0.1, -0.05) is 5.11 Å². The monoisotopic (exact) mass is 199 g/mol. The summed E-state index contributed by atoms with van der Waals surface area (Å²) in [6, 6.07) is -0.521. The molecule has 1 atom stereocenters. The van der Waals surface area contributed by atoms with E-state index in [0.717, 1.165) is 0 Å². The van der Waals surface area contributed by atoms with E-state index < -0.39 is 23.4 Å². The number of rotatable bonds is 3. The van der Waals surface area contributed by atoms with Gasteiger partial charge in [-0.3, -0.25) is 9.59 Å². The number of carboxylic acid groups (broad SMARTS) is 2. The molecule has 1 unspecified atom stereocenters. The third-order valence-electron chi connectivity index (χ3n) is 2.52. The quantitative estimate of drug-likeness (QED) is 0.304. The Balaban J connectivity index is 2.90. The van der Waals surface area contributed by atoms with Crippen LogP contribution in [-0.2, 0) is 9.59 Å². The Morgan fingerprint density at radius 2 is 2.00 bits per heavy atom. The maximum absolute atomic E-state index is 10.8. The molecule has 0 aromatic rings. The molecule has 0 amide bonds. The number of nitrogens with zero attached hydrogens (tertiary/aromatic N) is 3. The summed E-state index contributed by atoms with van der Waals surface area (Å²) in [6.07, 6.45) is 0.200. The van der Waals surface area contributed by atoms with Crippen LogP contribution >= 0.6 is 0 Å². The number of hydrogen-bond acceptors (Lipinski definition) is 3. The highest BCUT2D eigenvalue weighted by Crippen LogP contribution is 2.40. The van der Waals surface area contributed by atoms with Crippen molar-refractivity contribution < 1.29 is 19.8 Å². The van der Waals surface area contributed by atoms with E-state index >= 15 is 0 Å². The highest BCUT2D eigenvalue weighted by Gasteiger charge is 2.51. The summed E-state index contributed by atoms with van der Waals surface area (Å²) in [5, 5.41) is 20.9. The fourth-order valence-corrected chi connectivity index (χ4v) is 1.67. The predicted octanol–water partition coefficient (Wildman–Crippen LogP) is 1.00. The lowest BCUT2D eigenvalue weighted by Gasteiger charge is -2.17. The zero-order valence-electron chi connectivity index (χ0n) is 7.25. The van der Waals surface area contributed by atoms with Crippen LogP contribution in [0.3, 0.4) is 0 Å². The second-order valence-corrected chi connectivity index (χ2v) is 3.29. The van der Waals surface area contributed by atoms with E-state index in [0.29, 0.717) is 6.42 Å². The summed E-state index contributed by atoms with van der Waals surface area (Å²) in [5.41, 5.74) is 6.37. The van der Waals surface area contributed by atoms with Crippen LogP contribution in [0.25, 0.3) is 10.4 Å². The molecule has 0 aromatic heterocycles. The summed E-state index contributed by atoms with van der Waals surface area (Å²) in [6.45, 7) is 0.